The van der Waals surface area contributed by atoms with Crippen LogP contribution in [-0.2, 0) is 19.2 Å². The highest BCUT2D eigenvalue weighted by Crippen LogP contribution is 1.94. The van der Waals surface area contributed by atoms with Crippen molar-refractivity contribution in [3.63, 3.8) is 0 Å². The molecule has 0 saturated heterocycles. The highest BCUT2D eigenvalue weighted by molar-refractivity contribution is 5.98. The monoisotopic (exact) mass is 322 g/mol. The molecule has 12 nitrogen and oxygen atoms in total. The molecule has 0 aliphatic carbocycles. The summed E-state index contributed by atoms with van der Waals surface area (Å²) in [6, 6.07) is -5.93. The van der Waals surface area contributed by atoms with Gasteiger partial charge in [0.1, 0.15) is 12.2 Å². The van der Waals surface area contributed by atoms with Gasteiger partial charge in [-0.2, -0.15) is 0 Å². The Hall–Kier alpha value is -2.12. The van der Waals surface area contributed by atoms with Gasteiger partial charge in [0.15, 0.2) is 0 Å². The number of rotatable bonds is 8. The van der Waals surface area contributed by atoms with E-state index in [9.17, 15) is 29.4 Å². The second-order valence-electron chi connectivity index (χ2n) is 4.29. The Kier molecular flexibility index (Phi) is 7.02. The molecule has 0 aliphatic heterocycles. The van der Waals surface area contributed by atoms with Crippen LogP contribution >= 0.6 is 0 Å². The Balaban J connectivity index is 4.42. The molecule has 8 N–H and O–H groups in total. The molecule has 0 saturated carbocycles. The van der Waals surface area contributed by atoms with Crippen molar-refractivity contribution < 1.29 is 39.6 Å². The first-order valence-electron chi connectivity index (χ1n) is 5.88. The molecule has 3 amide bonds. The Morgan fingerprint density at radius 2 is 1.14 bits per heavy atom. The van der Waals surface area contributed by atoms with Crippen molar-refractivity contribution in [1.29, 1.82) is 0 Å². The minimum atomic E-state index is -3.18. The van der Waals surface area contributed by atoms with Gasteiger partial charge in [-0.05, 0) is 14.0 Å². The standard InChI is InChI=1S/C10H18N4O8/c1-5(15)3-6(16)13-10(21,22)14-8(18)4-7(17)12-9(19,20)11-2/h11,19-22H,3-4H2,1-2H3,(H,12,17)(H,13,16)(H,14,18). The summed E-state index contributed by atoms with van der Waals surface area (Å²) in [6.45, 7) is 1.09. The first-order chi connectivity index (χ1) is 9.87. The second-order valence-corrected chi connectivity index (χ2v) is 4.29. The summed E-state index contributed by atoms with van der Waals surface area (Å²) < 4.78 is 0. The van der Waals surface area contributed by atoms with E-state index < -0.39 is 48.4 Å². The van der Waals surface area contributed by atoms with Gasteiger partial charge in [-0.15, -0.1) is 0 Å². The molecule has 0 aromatic heterocycles. The lowest BCUT2D eigenvalue weighted by Crippen LogP contribution is -2.62. The minimum absolute atomic E-state index is 0.548. The van der Waals surface area contributed by atoms with E-state index in [1.54, 1.807) is 5.32 Å². The molecule has 0 rings (SSSR count). The fourth-order valence-electron chi connectivity index (χ4n) is 1.18. The van der Waals surface area contributed by atoms with E-state index in [0.29, 0.717) is 0 Å². The van der Waals surface area contributed by atoms with E-state index in [0.717, 1.165) is 14.0 Å². The number of Topliss-reactive ketones (excluding diaryl/α,β-unsaturated/α-hetero) is 1. The number of hydrogen-bond donors (Lipinski definition) is 8. The zero-order chi connectivity index (χ0) is 17.6. The van der Waals surface area contributed by atoms with Gasteiger partial charge >= 0.3 is 12.1 Å². The summed E-state index contributed by atoms with van der Waals surface area (Å²) >= 11 is 0. The molecule has 0 heterocycles. The molecule has 0 aromatic carbocycles. The first-order valence-corrected chi connectivity index (χ1v) is 5.88. The van der Waals surface area contributed by atoms with Crippen LogP contribution in [0, 0.1) is 0 Å². The quantitative estimate of drug-likeness (QED) is 0.159. The normalized spacial score (nSPS) is 11.5. The number of carbonyl (C=O) groups is 4. The number of ketones is 1. The minimum Gasteiger partial charge on any atom is -0.336 e. The average molecular weight is 322 g/mol. The third kappa shape index (κ3) is 8.93. The van der Waals surface area contributed by atoms with Gasteiger partial charge in [0, 0.05) is 0 Å². The van der Waals surface area contributed by atoms with Gasteiger partial charge in [0.05, 0.1) is 6.42 Å². The zero-order valence-corrected chi connectivity index (χ0v) is 11.8. The molecule has 126 valence electrons. The van der Waals surface area contributed by atoms with Crippen LogP contribution in [0.1, 0.15) is 19.8 Å². The zero-order valence-electron chi connectivity index (χ0n) is 11.8. The number of hydrogen-bond acceptors (Lipinski definition) is 9. The fraction of sp³-hybridized carbons (Fsp3) is 0.600. The third-order valence-electron chi connectivity index (χ3n) is 2.02. The van der Waals surface area contributed by atoms with Crippen LogP contribution in [0.25, 0.3) is 0 Å². The van der Waals surface area contributed by atoms with Gasteiger partial charge in [-0.3, -0.25) is 40.4 Å². The van der Waals surface area contributed by atoms with Crippen LogP contribution in [0.5, 0.6) is 0 Å². The number of amides is 3. The predicted molar refractivity (Wildman–Crippen MR) is 67.7 cm³/mol. The van der Waals surface area contributed by atoms with Crippen LogP contribution in [0.2, 0.25) is 0 Å². The number of aliphatic hydroxyl groups is 4. The van der Waals surface area contributed by atoms with Crippen LogP contribution in [-0.4, -0.2) is 63.0 Å². The fourth-order valence-corrected chi connectivity index (χ4v) is 1.18. The summed E-state index contributed by atoms with van der Waals surface area (Å²) in [5.74, 6) is -4.03. The molecule has 0 aromatic rings. The highest BCUT2D eigenvalue weighted by atomic mass is 16.6. The van der Waals surface area contributed by atoms with E-state index >= 15 is 0 Å². The lowest BCUT2D eigenvalue weighted by molar-refractivity contribution is -0.210. The Bertz CT molecular complexity index is 462. The molecular formula is C10H18N4O8. The van der Waals surface area contributed by atoms with Crippen LogP contribution in [0.3, 0.4) is 0 Å². The largest absolute Gasteiger partial charge is 0.337 e. The van der Waals surface area contributed by atoms with Gasteiger partial charge in [-0.25, -0.2) is 0 Å². The van der Waals surface area contributed by atoms with E-state index in [1.165, 1.54) is 10.6 Å². The molecule has 0 atom stereocenters. The maximum absolute atomic E-state index is 11.4. The highest BCUT2D eigenvalue weighted by Gasteiger charge is 2.30. The van der Waals surface area contributed by atoms with E-state index in [4.69, 9.17) is 10.2 Å². The molecule has 0 fully saturated rings. The van der Waals surface area contributed by atoms with Crippen molar-refractivity contribution in [2.45, 2.75) is 31.8 Å². The van der Waals surface area contributed by atoms with Crippen molar-refractivity contribution in [1.82, 2.24) is 21.3 Å². The molecule has 0 bridgehead atoms. The van der Waals surface area contributed by atoms with Crippen molar-refractivity contribution in [2.24, 2.45) is 0 Å². The maximum atomic E-state index is 11.4. The first kappa shape index (κ1) is 19.9. The molecule has 12 heteroatoms. The Morgan fingerprint density at radius 1 is 0.773 bits per heavy atom. The molecule has 0 spiro atoms. The summed E-state index contributed by atoms with van der Waals surface area (Å²) in [5, 5.41) is 43.2. The molecule has 0 aliphatic rings. The van der Waals surface area contributed by atoms with Crippen LogP contribution in [0.4, 0.5) is 0 Å². The van der Waals surface area contributed by atoms with E-state index in [-0.39, 0.29) is 0 Å². The second kappa shape index (κ2) is 7.77. The Morgan fingerprint density at radius 3 is 1.50 bits per heavy atom. The van der Waals surface area contributed by atoms with Crippen molar-refractivity contribution in [3.8, 4) is 0 Å². The molecule has 0 unspecified atom stereocenters. The molecular weight excluding hydrogens is 304 g/mol. The molecule has 22 heavy (non-hydrogen) atoms. The number of carbonyl (C=O) groups excluding carboxylic acids is 4. The van der Waals surface area contributed by atoms with Gasteiger partial charge in [0.25, 0.3) is 0 Å². The number of nitrogens with one attached hydrogen (secondary N) is 4. The van der Waals surface area contributed by atoms with E-state index in [1.807, 2.05) is 5.32 Å². The van der Waals surface area contributed by atoms with Gasteiger partial charge < -0.3 is 20.4 Å². The van der Waals surface area contributed by atoms with E-state index in [2.05, 4.69) is 0 Å². The SMILES string of the molecule is CNC(O)(O)NC(=O)CC(=O)NC(O)(O)NC(=O)CC(C)=O. The lowest BCUT2D eigenvalue weighted by Gasteiger charge is -2.24. The predicted octanol–water partition coefficient (Wildman–Crippen LogP) is -4.88. The summed E-state index contributed by atoms with van der Waals surface area (Å²) in [7, 11) is 1.11. The maximum Gasteiger partial charge on any atom is 0.337 e. The van der Waals surface area contributed by atoms with Gasteiger partial charge in [0.2, 0.25) is 17.7 Å². The van der Waals surface area contributed by atoms with Gasteiger partial charge in [-0.1, -0.05) is 0 Å². The Labute approximate surface area is 124 Å². The van der Waals surface area contributed by atoms with Crippen LogP contribution < -0.4 is 21.3 Å². The summed E-state index contributed by atoms with van der Waals surface area (Å²) in [5.41, 5.74) is 0. The molecule has 0 radical (unpaired) electrons. The average Bonchev–Trinajstić information content (AvgIpc) is 2.23. The topological polar surface area (TPSA) is 197 Å². The van der Waals surface area contributed by atoms with Crippen molar-refractivity contribution in [2.75, 3.05) is 7.05 Å². The lowest BCUT2D eigenvalue weighted by atomic mass is 10.3. The summed E-state index contributed by atoms with van der Waals surface area (Å²) in [6.07, 6.45) is -1.64. The van der Waals surface area contributed by atoms with Crippen LogP contribution in [0.15, 0.2) is 0 Å². The third-order valence-corrected chi connectivity index (χ3v) is 2.02. The van der Waals surface area contributed by atoms with Crippen molar-refractivity contribution >= 4 is 23.5 Å². The summed E-state index contributed by atoms with van der Waals surface area (Å²) in [4.78, 5) is 44.4. The smallest absolute Gasteiger partial charge is 0.336 e. The van der Waals surface area contributed by atoms with Crippen molar-refractivity contribution in [3.05, 3.63) is 0 Å².